The van der Waals surface area contributed by atoms with E-state index in [4.69, 9.17) is 4.74 Å². The van der Waals surface area contributed by atoms with E-state index >= 15 is 0 Å². The van der Waals surface area contributed by atoms with Crippen molar-refractivity contribution in [2.75, 3.05) is 13.2 Å². The van der Waals surface area contributed by atoms with Gasteiger partial charge in [0.25, 0.3) is 0 Å². The monoisotopic (exact) mass is 305 g/mol. The summed E-state index contributed by atoms with van der Waals surface area (Å²) in [5.41, 5.74) is 2.72. The molecule has 0 N–H and O–H groups in total. The van der Waals surface area contributed by atoms with Crippen LogP contribution in [0.5, 0.6) is 5.75 Å². The van der Waals surface area contributed by atoms with Crippen molar-refractivity contribution in [2.45, 2.75) is 65.2 Å². The minimum Gasteiger partial charge on any atom is -0.490 e. The van der Waals surface area contributed by atoms with Gasteiger partial charge < -0.3 is 9.47 Å². The van der Waals surface area contributed by atoms with Gasteiger partial charge in [0.05, 0.1) is 0 Å². The van der Waals surface area contributed by atoms with Gasteiger partial charge in [0.1, 0.15) is 19.0 Å². The first-order valence-electron chi connectivity index (χ1n) is 8.05. The summed E-state index contributed by atoms with van der Waals surface area (Å²) in [4.78, 5) is 10.1. The zero-order valence-electron chi connectivity index (χ0n) is 14.8. The molecule has 0 spiro atoms. The summed E-state index contributed by atoms with van der Waals surface area (Å²) in [7, 11) is 0. The topological polar surface area (TPSA) is 35.5 Å². The summed E-state index contributed by atoms with van der Waals surface area (Å²) < 4.78 is 10.4. The predicted molar refractivity (Wildman–Crippen MR) is 90.2 cm³/mol. The van der Waals surface area contributed by atoms with Crippen molar-refractivity contribution in [1.82, 2.24) is 0 Å². The van der Waals surface area contributed by atoms with E-state index in [9.17, 15) is 4.79 Å². The number of benzene rings is 1. The van der Waals surface area contributed by atoms with Crippen molar-refractivity contribution in [3.63, 3.8) is 0 Å². The third kappa shape index (κ3) is 4.49. The Morgan fingerprint density at radius 1 is 1.00 bits per heavy atom. The number of hydrogen-bond acceptors (Lipinski definition) is 3. The van der Waals surface area contributed by atoms with Crippen LogP contribution < -0.4 is 4.74 Å². The SMILES string of the molecule is CCC(C)(C)c1ccc(OCCO[C]=O)c(C(C)(C)CC)c1. The highest BCUT2D eigenvalue weighted by molar-refractivity contribution is 5.44. The Balaban J connectivity index is 3.13. The number of hydrogen-bond donors (Lipinski definition) is 0. The first kappa shape index (κ1) is 18.5. The highest BCUT2D eigenvalue weighted by atomic mass is 16.5. The molecule has 0 aliphatic carbocycles. The van der Waals surface area contributed by atoms with Gasteiger partial charge in [-0.15, -0.1) is 0 Å². The average molecular weight is 305 g/mol. The van der Waals surface area contributed by atoms with Crippen LogP contribution >= 0.6 is 0 Å². The van der Waals surface area contributed by atoms with E-state index in [-0.39, 0.29) is 17.4 Å². The van der Waals surface area contributed by atoms with Crippen molar-refractivity contribution < 1.29 is 14.3 Å². The molecular formula is C19H29O3. The molecule has 123 valence electrons. The van der Waals surface area contributed by atoms with Gasteiger partial charge >= 0.3 is 6.47 Å². The Hall–Kier alpha value is -1.51. The minimum atomic E-state index is 0.0345. The normalized spacial score (nSPS) is 12.1. The fourth-order valence-electron chi connectivity index (χ4n) is 2.24. The smallest absolute Gasteiger partial charge is 0.417 e. The largest absolute Gasteiger partial charge is 0.490 e. The molecule has 3 nitrogen and oxygen atoms in total. The average Bonchev–Trinajstić information content (AvgIpc) is 2.51. The molecule has 3 heteroatoms. The Bertz CT molecular complexity index is 489. The molecular weight excluding hydrogens is 276 g/mol. The lowest BCUT2D eigenvalue weighted by Crippen LogP contribution is -2.21. The van der Waals surface area contributed by atoms with E-state index in [0.717, 1.165) is 18.6 Å². The molecule has 1 radical (unpaired) electrons. The fourth-order valence-corrected chi connectivity index (χ4v) is 2.24. The van der Waals surface area contributed by atoms with E-state index in [0.29, 0.717) is 6.61 Å². The van der Waals surface area contributed by atoms with Crippen molar-refractivity contribution in [1.29, 1.82) is 0 Å². The van der Waals surface area contributed by atoms with E-state index < -0.39 is 0 Å². The maximum absolute atomic E-state index is 10.1. The second-order valence-electron chi connectivity index (χ2n) is 6.97. The van der Waals surface area contributed by atoms with Gasteiger partial charge in [0.15, 0.2) is 0 Å². The second kappa shape index (κ2) is 7.66. The molecule has 1 aromatic carbocycles. The Morgan fingerprint density at radius 2 is 1.64 bits per heavy atom. The third-order valence-electron chi connectivity index (χ3n) is 4.76. The van der Waals surface area contributed by atoms with Crippen molar-refractivity contribution in [2.24, 2.45) is 0 Å². The molecule has 0 fully saturated rings. The van der Waals surface area contributed by atoms with Crippen LogP contribution in [0.4, 0.5) is 0 Å². The van der Waals surface area contributed by atoms with Crippen molar-refractivity contribution in [3.05, 3.63) is 29.3 Å². The van der Waals surface area contributed by atoms with Gasteiger partial charge in [-0.05, 0) is 35.3 Å². The van der Waals surface area contributed by atoms with E-state index in [1.807, 2.05) is 6.07 Å². The molecule has 1 aromatic rings. The summed E-state index contributed by atoms with van der Waals surface area (Å²) in [5.74, 6) is 0.872. The summed E-state index contributed by atoms with van der Waals surface area (Å²) in [5, 5.41) is 0. The highest BCUT2D eigenvalue weighted by Crippen LogP contribution is 2.38. The number of carbonyl (C=O) groups excluding carboxylic acids is 1. The van der Waals surface area contributed by atoms with Crippen LogP contribution in [-0.4, -0.2) is 19.7 Å². The highest BCUT2D eigenvalue weighted by Gasteiger charge is 2.26. The van der Waals surface area contributed by atoms with Gasteiger partial charge in [-0.2, -0.15) is 0 Å². The van der Waals surface area contributed by atoms with Gasteiger partial charge in [0.2, 0.25) is 0 Å². The third-order valence-corrected chi connectivity index (χ3v) is 4.76. The molecule has 0 saturated carbocycles. The molecule has 0 aromatic heterocycles. The van der Waals surface area contributed by atoms with Crippen LogP contribution in [0.15, 0.2) is 18.2 Å². The molecule has 22 heavy (non-hydrogen) atoms. The van der Waals surface area contributed by atoms with Gasteiger partial charge in [-0.1, -0.05) is 53.7 Å². The molecule has 0 aliphatic heterocycles. The maximum atomic E-state index is 10.1. The van der Waals surface area contributed by atoms with E-state index in [1.165, 1.54) is 17.6 Å². The molecule has 0 aliphatic rings. The molecule has 0 heterocycles. The summed E-state index contributed by atoms with van der Waals surface area (Å²) in [6, 6.07) is 6.46. The first-order valence-corrected chi connectivity index (χ1v) is 8.05. The lowest BCUT2D eigenvalue weighted by atomic mass is 9.76. The molecule has 0 amide bonds. The summed E-state index contributed by atoms with van der Waals surface area (Å²) >= 11 is 0. The first-order chi connectivity index (χ1) is 10.3. The Kier molecular flexibility index (Phi) is 6.46. The predicted octanol–water partition coefficient (Wildman–Crippen LogP) is 4.52. The maximum Gasteiger partial charge on any atom is 0.417 e. The van der Waals surface area contributed by atoms with Gasteiger partial charge in [-0.3, -0.25) is 0 Å². The van der Waals surface area contributed by atoms with Crippen LogP contribution in [0.2, 0.25) is 0 Å². The van der Waals surface area contributed by atoms with Crippen LogP contribution in [0.1, 0.15) is 65.5 Å². The Labute approximate surface area is 135 Å². The minimum absolute atomic E-state index is 0.0345. The van der Waals surface area contributed by atoms with Gasteiger partial charge in [-0.25, -0.2) is 4.79 Å². The number of rotatable bonds is 9. The zero-order valence-corrected chi connectivity index (χ0v) is 14.8. The lowest BCUT2D eigenvalue weighted by molar-refractivity contribution is 0.197. The van der Waals surface area contributed by atoms with Crippen molar-refractivity contribution in [3.8, 4) is 5.75 Å². The van der Waals surface area contributed by atoms with E-state index in [2.05, 4.69) is 58.4 Å². The molecule has 0 unspecified atom stereocenters. The van der Waals surface area contributed by atoms with Crippen LogP contribution in [0.25, 0.3) is 0 Å². The summed E-state index contributed by atoms with van der Waals surface area (Å²) in [6.07, 6.45) is 2.11. The standard InChI is InChI=1S/C19H29O3/c1-7-18(3,4)15-9-10-17(22-12-11-21-14-20)16(13-15)19(5,6)8-2/h9-10,13H,7-8,11-12H2,1-6H3. The van der Waals surface area contributed by atoms with Crippen LogP contribution in [-0.2, 0) is 20.4 Å². The second-order valence-corrected chi connectivity index (χ2v) is 6.97. The molecule has 0 atom stereocenters. The molecule has 0 bridgehead atoms. The molecule has 0 saturated heterocycles. The van der Waals surface area contributed by atoms with Crippen LogP contribution in [0.3, 0.4) is 0 Å². The summed E-state index contributed by atoms with van der Waals surface area (Å²) in [6.45, 7) is 15.4. The molecule has 1 rings (SSSR count). The Morgan fingerprint density at radius 3 is 2.18 bits per heavy atom. The van der Waals surface area contributed by atoms with E-state index in [1.54, 1.807) is 0 Å². The zero-order chi connectivity index (χ0) is 16.8. The lowest BCUT2D eigenvalue weighted by Gasteiger charge is -2.30. The van der Waals surface area contributed by atoms with Crippen molar-refractivity contribution >= 4 is 6.47 Å². The van der Waals surface area contributed by atoms with Crippen LogP contribution in [0, 0.1) is 0 Å². The van der Waals surface area contributed by atoms with Gasteiger partial charge in [0, 0.05) is 5.56 Å². The number of ether oxygens (including phenoxy) is 2. The fraction of sp³-hybridized carbons (Fsp3) is 0.632. The quantitative estimate of drug-likeness (QED) is 0.629.